The summed E-state index contributed by atoms with van der Waals surface area (Å²) >= 11 is 5.84. The Labute approximate surface area is 118 Å². The van der Waals surface area contributed by atoms with Gasteiger partial charge in [0.2, 0.25) is 0 Å². The van der Waals surface area contributed by atoms with Gasteiger partial charge in [-0.05, 0) is 49.7 Å². The van der Waals surface area contributed by atoms with Crippen LogP contribution in [0, 0.1) is 5.92 Å². The molecule has 2 fully saturated rings. The van der Waals surface area contributed by atoms with Crippen molar-refractivity contribution in [3.8, 4) is 0 Å². The molecule has 1 aliphatic heterocycles. The largest absolute Gasteiger partial charge is 0.375 e. The Hall–Kier alpha value is -0.680. The molecule has 1 saturated heterocycles. The Bertz CT molecular complexity index is 433. The summed E-state index contributed by atoms with van der Waals surface area (Å²) in [5.41, 5.74) is 4.20. The lowest BCUT2D eigenvalue weighted by Gasteiger charge is -2.48. The van der Waals surface area contributed by atoms with Crippen molar-refractivity contribution >= 4 is 11.6 Å². The molecule has 1 aromatic rings. The summed E-state index contributed by atoms with van der Waals surface area (Å²) in [5.74, 6) is 6.27. The topological polar surface area (TPSA) is 60.2 Å². The fourth-order valence-electron chi connectivity index (χ4n) is 3.35. The quantitative estimate of drug-likeness (QED) is 0.508. The van der Waals surface area contributed by atoms with Crippen LogP contribution < -0.4 is 11.3 Å². The molecule has 3 rings (SSSR count). The van der Waals surface area contributed by atoms with E-state index in [0.717, 1.165) is 25.0 Å². The minimum atomic E-state index is 0.131. The summed E-state index contributed by atoms with van der Waals surface area (Å²) in [6, 6.07) is 3.95. The highest BCUT2D eigenvalue weighted by Crippen LogP contribution is 2.46. The van der Waals surface area contributed by atoms with Gasteiger partial charge in [0.15, 0.2) is 0 Å². The van der Waals surface area contributed by atoms with Crippen LogP contribution in [-0.2, 0) is 4.74 Å². The van der Waals surface area contributed by atoms with E-state index in [9.17, 15) is 0 Å². The highest BCUT2D eigenvalue weighted by molar-refractivity contribution is 6.29. The second kappa shape index (κ2) is 5.37. The fourth-order valence-corrected chi connectivity index (χ4v) is 3.46. The van der Waals surface area contributed by atoms with Crippen LogP contribution in [0.4, 0.5) is 0 Å². The molecule has 0 amide bonds. The molecular weight excluding hydrogens is 262 g/mol. The zero-order chi connectivity index (χ0) is 13.3. The molecule has 2 heterocycles. The van der Waals surface area contributed by atoms with Crippen molar-refractivity contribution in [3.05, 3.63) is 29.0 Å². The van der Waals surface area contributed by atoms with Crippen LogP contribution in [0.15, 0.2) is 18.3 Å². The summed E-state index contributed by atoms with van der Waals surface area (Å²) in [5, 5.41) is 0.516. The summed E-state index contributed by atoms with van der Waals surface area (Å²) in [4.78, 5) is 4.15. The molecule has 1 spiro atoms. The van der Waals surface area contributed by atoms with Crippen LogP contribution in [0.3, 0.4) is 0 Å². The number of nitrogens with zero attached hydrogens (tertiary/aromatic N) is 1. The van der Waals surface area contributed by atoms with E-state index in [-0.39, 0.29) is 11.6 Å². The van der Waals surface area contributed by atoms with Gasteiger partial charge in [0.1, 0.15) is 5.15 Å². The van der Waals surface area contributed by atoms with Crippen LogP contribution >= 0.6 is 11.6 Å². The van der Waals surface area contributed by atoms with Crippen LogP contribution in [0.2, 0.25) is 5.15 Å². The predicted molar refractivity (Wildman–Crippen MR) is 74.6 cm³/mol. The van der Waals surface area contributed by atoms with Gasteiger partial charge in [0, 0.05) is 12.8 Å². The summed E-state index contributed by atoms with van der Waals surface area (Å²) < 4.78 is 5.98. The van der Waals surface area contributed by atoms with Gasteiger partial charge in [-0.2, -0.15) is 0 Å². The molecule has 5 heteroatoms. The molecule has 0 radical (unpaired) electrons. The first-order valence-corrected chi connectivity index (χ1v) is 7.32. The Morgan fingerprint density at radius 1 is 1.47 bits per heavy atom. The number of hydrogen-bond donors (Lipinski definition) is 2. The molecule has 1 saturated carbocycles. The number of rotatable bonds is 3. The predicted octanol–water partition coefficient (Wildman–Crippen LogP) is 2.59. The number of halogens is 1. The lowest BCUT2D eigenvalue weighted by molar-refractivity contribution is -0.147. The monoisotopic (exact) mass is 281 g/mol. The third kappa shape index (κ3) is 2.63. The van der Waals surface area contributed by atoms with Crippen molar-refractivity contribution in [1.82, 2.24) is 10.4 Å². The molecule has 0 aromatic carbocycles. The molecule has 2 atom stereocenters. The van der Waals surface area contributed by atoms with Crippen LogP contribution in [0.5, 0.6) is 0 Å². The van der Waals surface area contributed by atoms with E-state index < -0.39 is 0 Å². The summed E-state index contributed by atoms with van der Waals surface area (Å²) in [6.45, 7) is 0.837. The summed E-state index contributed by atoms with van der Waals surface area (Å²) in [7, 11) is 0. The number of hydrazine groups is 1. The van der Waals surface area contributed by atoms with Gasteiger partial charge in [-0.1, -0.05) is 17.7 Å². The van der Waals surface area contributed by atoms with Gasteiger partial charge in [-0.3, -0.25) is 11.3 Å². The van der Waals surface area contributed by atoms with Crippen LogP contribution in [-0.4, -0.2) is 17.2 Å². The number of ether oxygens (including phenoxy) is 1. The second-order valence-corrected chi connectivity index (χ2v) is 6.08. The third-order valence-corrected chi connectivity index (χ3v) is 4.78. The van der Waals surface area contributed by atoms with Crippen molar-refractivity contribution in [2.24, 2.45) is 11.8 Å². The number of aromatic nitrogens is 1. The van der Waals surface area contributed by atoms with Crippen LogP contribution in [0.1, 0.15) is 43.7 Å². The van der Waals surface area contributed by atoms with Crippen molar-refractivity contribution < 1.29 is 4.74 Å². The standard InChI is InChI=1S/C14H20ClN3O/c15-12-3-2-11(9-17-12)13(18-16)10-4-7-19-14(8-10)5-1-6-14/h2-3,9-10,13,18H,1,4-8,16H2. The smallest absolute Gasteiger partial charge is 0.129 e. The van der Waals surface area contributed by atoms with Crippen LogP contribution in [0.25, 0.3) is 0 Å². The molecule has 4 nitrogen and oxygen atoms in total. The molecule has 3 N–H and O–H groups in total. The lowest BCUT2D eigenvalue weighted by Crippen LogP contribution is -2.48. The molecule has 2 aliphatic rings. The highest BCUT2D eigenvalue weighted by atomic mass is 35.5. The Morgan fingerprint density at radius 2 is 2.32 bits per heavy atom. The Kier molecular flexibility index (Phi) is 3.76. The first-order chi connectivity index (χ1) is 9.22. The zero-order valence-corrected chi connectivity index (χ0v) is 11.7. The van der Waals surface area contributed by atoms with E-state index in [0.29, 0.717) is 11.1 Å². The average Bonchev–Trinajstić information content (AvgIpc) is 2.40. The Balaban J connectivity index is 1.76. The number of pyridine rings is 1. The summed E-state index contributed by atoms with van der Waals surface area (Å²) in [6.07, 6.45) is 7.62. The third-order valence-electron chi connectivity index (χ3n) is 4.56. The second-order valence-electron chi connectivity index (χ2n) is 5.70. The van der Waals surface area contributed by atoms with E-state index in [1.807, 2.05) is 18.3 Å². The molecule has 1 aliphatic carbocycles. The molecule has 104 valence electrons. The molecular formula is C14H20ClN3O. The van der Waals surface area contributed by atoms with Crippen molar-refractivity contribution in [2.75, 3.05) is 6.61 Å². The molecule has 19 heavy (non-hydrogen) atoms. The maximum Gasteiger partial charge on any atom is 0.129 e. The van der Waals surface area contributed by atoms with Crippen molar-refractivity contribution in [2.45, 2.75) is 43.7 Å². The number of nitrogens with two attached hydrogens (primary N) is 1. The number of nitrogens with one attached hydrogen (secondary N) is 1. The van der Waals surface area contributed by atoms with Gasteiger partial charge in [-0.15, -0.1) is 0 Å². The van der Waals surface area contributed by atoms with E-state index in [1.54, 1.807) is 0 Å². The van der Waals surface area contributed by atoms with Gasteiger partial charge in [0.25, 0.3) is 0 Å². The van der Waals surface area contributed by atoms with E-state index in [4.69, 9.17) is 22.2 Å². The molecule has 1 aromatic heterocycles. The van der Waals surface area contributed by atoms with Gasteiger partial charge in [0.05, 0.1) is 11.6 Å². The molecule has 0 bridgehead atoms. The fraction of sp³-hybridized carbons (Fsp3) is 0.643. The Morgan fingerprint density at radius 3 is 2.89 bits per heavy atom. The van der Waals surface area contributed by atoms with Crippen molar-refractivity contribution in [3.63, 3.8) is 0 Å². The van der Waals surface area contributed by atoms with E-state index in [2.05, 4.69) is 10.4 Å². The molecule has 2 unspecified atom stereocenters. The lowest BCUT2D eigenvalue weighted by atomic mass is 9.70. The van der Waals surface area contributed by atoms with Gasteiger partial charge < -0.3 is 4.74 Å². The normalized spacial score (nSPS) is 26.9. The van der Waals surface area contributed by atoms with Crippen molar-refractivity contribution in [1.29, 1.82) is 0 Å². The number of hydrogen-bond acceptors (Lipinski definition) is 4. The highest BCUT2D eigenvalue weighted by Gasteiger charge is 2.44. The van der Waals surface area contributed by atoms with E-state index in [1.165, 1.54) is 19.3 Å². The maximum atomic E-state index is 5.98. The zero-order valence-electron chi connectivity index (χ0n) is 10.9. The van der Waals surface area contributed by atoms with Gasteiger partial charge in [-0.25, -0.2) is 4.98 Å². The maximum absolute atomic E-state index is 5.98. The first-order valence-electron chi connectivity index (χ1n) is 6.94. The minimum absolute atomic E-state index is 0.131. The van der Waals surface area contributed by atoms with Gasteiger partial charge >= 0.3 is 0 Å². The SMILES string of the molecule is NNC(c1ccc(Cl)nc1)C1CCOC2(CCC2)C1. The first kappa shape index (κ1) is 13.3. The van der Waals surface area contributed by atoms with E-state index >= 15 is 0 Å². The average molecular weight is 282 g/mol. The minimum Gasteiger partial charge on any atom is -0.375 e.